The van der Waals surface area contributed by atoms with E-state index in [9.17, 15) is 5.11 Å². The number of fused-ring (bicyclic) bond motifs is 3. The van der Waals surface area contributed by atoms with E-state index in [0.29, 0.717) is 59.6 Å². The fraction of sp³-hybridized carbons (Fsp3) is 0.355. The SMILES string of the molecule is COc1ccc(CNc2nc3c(OC)cccc3c3nc(C4CC(N)(c5ccc(C(C)(C)O)cn5)C4)nn23)c(OC)c1. The van der Waals surface area contributed by atoms with Gasteiger partial charge in [0.15, 0.2) is 11.5 Å². The van der Waals surface area contributed by atoms with Crippen LogP contribution in [0.25, 0.3) is 16.6 Å². The fourth-order valence-electron chi connectivity index (χ4n) is 5.51. The monoisotopic (exact) mass is 569 g/mol. The van der Waals surface area contributed by atoms with Gasteiger partial charge in [-0.3, -0.25) is 4.98 Å². The zero-order valence-electron chi connectivity index (χ0n) is 24.4. The minimum atomic E-state index is -0.959. The first-order chi connectivity index (χ1) is 20.1. The van der Waals surface area contributed by atoms with Crippen molar-refractivity contribution in [1.82, 2.24) is 24.6 Å². The Bertz CT molecular complexity index is 1760. The predicted molar refractivity (Wildman–Crippen MR) is 159 cm³/mol. The molecule has 4 N–H and O–H groups in total. The first kappa shape index (κ1) is 27.7. The van der Waals surface area contributed by atoms with E-state index in [1.165, 1.54) is 0 Å². The van der Waals surface area contributed by atoms with Gasteiger partial charge in [-0.05, 0) is 57.0 Å². The van der Waals surface area contributed by atoms with Crippen molar-refractivity contribution >= 4 is 22.5 Å². The van der Waals surface area contributed by atoms with Crippen LogP contribution in [0.4, 0.5) is 5.95 Å². The maximum absolute atomic E-state index is 10.3. The number of anilines is 1. The summed E-state index contributed by atoms with van der Waals surface area (Å²) < 4.78 is 18.3. The van der Waals surface area contributed by atoms with Crippen LogP contribution in [0.2, 0.25) is 0 Å². The van der Waals surface area contributed by atoms with E-state index in [-0.39, 0.29) is 5.92 Å². The molecular formula is C31H35N7O4. The molecule has 5 aromatic rings. The van der Waals surface area contributed by atoms with Crippen molar-refractivity contribution in [2.75, 3.05) is 26.6 Å². The zero-order chi connectivity index (χ0) is 29.6. The highest BCUT2D eigenvalue weighted by atomic mass is 16.5. The van der Waals surface area contributed by atoms with E-state index in [2.05, 4.69) is 10.3 Å². The van der Waals surface area contributed by atoms with E-state index >= 15 is 0 Å². The molecule has 0 spiro atoms. The molecule has 3 heterocycles. The van der Waals surface area contributed by atoms with Crippen LogP contribution < -0.4 is 25.3 Å². The van der Waals surface area contributed by atoms with Gasteiger partial charge in [-0.15, -0.1) is 5.10 Å². The van der Waals surface area contributed by atoms with Gasteiger partial charge < -0.3 is 30.4 Å². The summed E-state index contributed by atoms with van der Waals surface area (Å²) in [7, 11) is 4.88. The van der Waals surface area contributed by atoms with Crippen LogP contribution in [0.1, 0.15) is 55.3 Å². The largest absolute Gasteiger partial charge is 0.497 e. The Morgan fingerprint density at radius 3 is 2.48 bits per heavy atom. The van der Waals surface area contributed by atoms with Crippen LogP contribution in [-0.2, 0) is 17.7 Å². The summed E-state index contributed by atoms with van der Waals surface area (Å²) in [5.74, 6) is 3.35. The quantitative estimate of drug-likeness (QED) is 0.236. The second-order valence-corrected chi connectivity index (χ2v) is 11.3. The molecule has 0 radical (unpaired) electrons. The number of hydrogen-bond donors (Lipinski definition) is 3. The van der Waals surface area contributed by atoms with Crippen molar-refractivity contribution in [2.45, 2.75) is 50.3 Å². The molecule has 42 heavy (non-hydrogen) atoms. The number of nitrogens with one attached hydrogen (secondary N) is 1. The molecule has 1 saturated carbocycles. The number of nitrogens with zero attached hydrogens (tertiary/aromatic N) is 5. The molecule has 0 unspecified atom stereocenters. The Hall–Kier alpha value is -4.48. The van der Waals surface area contributed by atoms with E-state index in [1.807, 2.05) is 48.5 Å². The molecule has 3 aromatic heterocycles. The van der Waals surface area contributed by atoms with Crippen molar-refractivity contribution in [3.63, 3.8) is 0 Å². The summed E-state index contributed by atoms with van der Waals surface area (Å²) >= 11 is 0. The van der Waals surface area contributed by atoms with Crippen molar-refractivity contribution in [3.05, 3.63) is 77.4 Å². The van der Waals surface area contributed by atoms with E-state index in [1.54, 1.807) is 45.9 Å². The molecule has 1 fully saturated rings. The lowest BCUT2D eigenvalue weighted by atomic mass is 9.66. The highest BCUT2D eigenvalue weighted by molar-refractivity contribution is 5.96. The van der Waals surface area contributed by atoms with Gasteiger partial charge in [0, 0.05) is 41.2 Å². The highest BCUT2D eigenvalue weighted by Gasteiger charge is 2.46. The molecule has 6 rings (SSSR count). The van der Waals surface area contributed by atoms with E-state index in [0.717, 1.165) is 22.2 Å². The Morgan fingerprint density at radius 1 is 1.02 bits per heavy atom. The first-order valence-electron chi connectivity index (χ1n) is 13.8. The van der Waals surface area contributed by atoms with Crippen molar-refractivity contribution in [2.24, 2.45) is 5.73 Å². The molecule has 2 aromatic carbocycles. The number of nitrogens with two attached hydrogens (primary N) is 1. The lowest BCUT2D eigenvalue weighted by Crippen LogP contribution is -2.48. The van der Waals surface area contributed by atoms with Gasteiger partial charge in [0.2, 0.25) is 5.95 Å². The fourth-order valence-corrected chi connectivity index (χ4v) is 5.51. The van der Waals surface area contributed by atoms with Gasteiger partial charge in [0.1, 0.15) is 22.8 Å². The van der Waals surface area contributed by atoms with Gasteiger partial charge in [-0.1, -0.05) is 12.1 Å². The molecule has 0 atom stereocenters. The third kappa shape index (κ3) is 4.84. The summed E-state index contributed by atoms with van der Waals surface area (Å²) in [5, 5.41) is 19.4. The van der Waals surface area contributed by atoms with Crippen LogP contribution in [0.3, 0.4) is 0 Å². The molecule has 0 bridgehead atoms. The summed E-state index contributed by atoms with van der Waals surface area (Å²) in [6.07, 6.45) is 3.00. The summed E-state index contributed by atoms with van der Waals surface area (Å²) in [6.45, 7) is 3.91. The number of aliphatic hydroxyl groups is 1. The Labute approximate surface area is 243 Å². The number of pyridine rings is 1. The van der Waals surface area contributed by atoms with Crippen LogP contribution >= 0.6 is 0 Å². The summed E-state index contributed by atoms with van der Waals surface area (Å²) in [6, 6.07) is 15.2. The molecule has 0 amide bonds. The van der Waals surface area contributed by atoms with Gasteiger partial charge in [0.05, 0.1) is 38.2 Å². The molecule has 1 aliphatic rings. The molecule has 0 aliphatic heterocycles. The average Bonchev–Trinajstić information content (AvgIpc) is 3.43. The first-order valence-corrected chi connectivity index (χ1v) is 13.8. The van der Waals surface area contributed by atoms with E-state index < -0.39 is 11.1 Å². The maximum atomic E-state index is 10.3. The average molecular weight is 570 g/mol. The van der Waals surface area contributed by atoms with Crippen molar-refractivity contribution < 1.29 is 19.3 Å². The smallest absolute Gasteiger partial charge is 0.226 e. The van der Waals surface area contributed by atoms with Crippen LogP contribution in [0, 0.1) is 0 Å². The van der Waals surface area contributed by atoms with Crippen LogP contribution in [-0.4, -0.2) is 51.0 Å². The number of benzene rings is 2. The molecular weight excluding hydrogens is 534 g/mol. The number of aromatic nitrogens is 5. The maximum Gasteiger partial charge on any atom is 0.226 e. The molecule has 11 heteroatoms. The lowest BCUT2D eigenvalue weighted by molar-refractivity contribution is 0.0780. The minimum Gasteiger partial charge on any atom is -0.497 e. The minimum absolute atomic E-state index is 0.0563. The number of hydrogen-bond acceptors (Lipinski definition) is 10. The van der Waals surface area contributed by atoms with Gasteiger partial charge in [-0.2, -0.15) is 4.52 Å². The Balaban J connectivity index is 1.33. The van der Waals surface area contributed by atoms with Crippen molar-refractivity contribution in [1.29, 1.82) is 0 Å². The molecule has 11 nitrogen and oxygen atoms in total. The van der Waals surface area contributed by atoms with Crippen LogP contribution in [0.5, 0.6) is 17.2 Å². The lowest BCUT2D eigenvalue weighted by Gasteiger charge is -2.43. The van der Waals surface area contributed by atoms with Crippen LogP contribution in [0.15, 0.2) is 54.7 Å². The highest BCUT2D eigenvalue weighted by Crippen LogP contribution is 2.48. The third-order valence-electron chi connectivity index (χ3n) is 8.00. The standard InChI is InChI=1S/C31H35N7O4/c1-30(2,39)20-10-12-25(33-17-20)31(32)14-19(15-31)27-36-28-22-7-6-8-23(41-4)26(22)35-29(38(28)37-27)34-16-18-9-11-21(40-3)13-24(18)42-5/h6-13,17,19,39H,14-16,32H2,1-5H3,(H,34,35). The number of ether oxygens (including phenoxy) is 3. The number of para-hydroxylation sites is 1. The normalized spacial score (nSPS) is 18.6. The molecule has 218 valence electrons. The van der Waals surface area contributed by atoms with Gasteiger partial charge in [0.25, 0.3) is 0 Å². The Morgan fingerprint density at radius 2 is 1.81 bits per heavy atom. The zero-order valence-corrected chi connectivity index (χ0v) is 24.4. The second-order valence-electron chi connectivity index (χ2n) is 11.3. The van der Waals surface area contributed by atoms with E-state index in [4.69, 9.17) is 35.0 Å². The second kappa shape index (κ2) is 10.4. The van der Waals surface area contributed by atoms with Gasteiger partial charge in [-0.25, -0.2) is 9.97 Å². The summed E-state index contributed by atoms with van der Waals surface area (Å²) in [4.78, 5) is 14.5. The third-order valence-corrected chi connectivity index (χ3v) is 8.00. The van der Waals surface area contributed by atoms with Gasteiger partial charge >= 0.3 is 0 Å². The molecule has 0 saturated heterocycles. The predicted octanol–water partition coefficient (Wildman–Crippen LogP) is 4.27. The number of methoxy groups -OCH3 is 3. The Kier molecular flexibility index (Phi) is 6.86. The topological polar surface area (TPSA) is 142 Å². The van der Waals surface area contributed by atoms with Crippen molar-refractivity contribution in [3.8, 4) is 17.2 Å². The summed E-state index contributed by atoms with van der Waals surface area (Å²) in [5.41, 5.74) is 9.07. The number of rotatable bonds is 9. The molecule has 1 aliphatic carbocycles.